The van der Waals surface area contributed by atoms with Crippen LogP contribution in [-0.2, 0) is 49.0 Å². The predicted octanol–water partition coefficient (Wildman–Crippen LogP) is 2.22. The van der Waals surface area contributed by atoms with Gasteiger partial charge in [0.1, 0.15) is 13.2 Å². The molecule has 12 nitrogen and oxygen atoms in total. The van der Waals surface area contributed by atoms with E-state index in [4.69, 9.17) is 28.4 Å². The summed E-state index contributed by atoms with van der Waals surface area (Å²) in [6.45, 7) is 7.38. The van der Waals surface area contributed by atoms with Gasteiger partial charge in [0.15, 0.2) is 0 Å². The van der Waals surface area contributed by atoms with Crippen molar-refractivity contribution in [3.63, 3.8) is 0 Å². The maximum Gasteiger partial charge on any atom is 0.515 e. The van der Waals surface area contributed by atoms with Crippen LogP contribution in [0.5, 0.6) is 5.88 Å². The normalized spacial score (nSPS) is 11.3. The van der Waals surface area contributed by atoms with E-state index in [2.05, 4.69) is 0 Å². The lowest BCUT2D eigenvalue weighted by atomic mass is 9.91. The zero-order valence-electron chi connectivity index (χ0n) is 23.9. The third-order valence-electron chi connectivity index (χ3n) is 6.19. The van der Waals surface area contributed by atoms with Crippen LogP contribution in [-0.4, -0.2) is 74.1 Å². The molecule has 0 radical (unpaired) electrons. The van der Waals surface area contributed by atoms with Gasteiger partial charge in [0.05, 0.1) is 50.6 Å². The monoisotopic (exact) mass is 564 g/mol. The molecule has 0 amide bonds. The second kappa shape index (κ2) is 16.6. The van der Waals surface area contributed by atoms with E-state index < -0.39 is 22.8 Å². The fraction of sp³-hybridized carbons (Fsp3) is 0.571. The van der Waals surface area contributed by atoms with E-state index in [9.17, 15) is 19.2 Å². The Labute approximate surface area is 233 Å². The molecule has 12 heteroatoms. The number of esters is 1. The van der Waals surface area contributed by atoms with Crippen LogP contribution < -0.4 is 16.0 Å². The molecule has 40 heavy (non-hydrogen) atoms. The average molecular weight is 565 g/mol. The van der Waals surface area contributed by atoms with Gasteiger partial charge in [0.25, 0.3) is 5.56 Å². The SMILES string of the molecule is CCC(C)(C)C(=O)OCCOCCOCCOCCOC(=O)Oc1c(Cc2ccccc2)c(=O)n(C)c(=O)n1C. The van der Waals surface area contributed by atoms with Crippen molar-refractivity contribution in [3.05, 3.63) is 62.3 Å². The summed E-state index contributed by atoms with van der Waals surface area (Å²) in [7, 11) is 2.78. The highest BCUT2D eigenvalue weighted by Crippen LogP contribution is 2.21. The molecule has 0 saturated carbocycles. The van der Waals surface area contributed by atoms with Crippen molar-refractivity contribution < 1.29 is 38.0 Å². The molecule has 0 N–H and O–H groups in total. The van der Waals surface area contributed by atoms with E-state index in [1.165, 1.54) is 14.1 Å². The topological polar surface area (TPSA) is 134 Å². The van der Waals surface area contributed by atoms with Crippen LogP contribution in [0.15, 0.2) is 39.9 Å². The average Bonchev–Trinajstić information content (AvgIpc) is 2.95. The van der Waals surface area contributed by atoms with Gasteiger partial charge in [0.2, 0.25) is 5.88 Å². The Kier molecular flexibility index (Phi) is 13.6. The molecule has 1 aromatic carbocycles. The Balaban J connectivity index is 1.64. The minimum atomic E-state index is -1.06. The molecule has 0 atom stereocenters. The number of ether oxygens (including phenoxy) is 6. The summed E-state index contributed by atoms with van der Waals surface area (Å²) in [4.78, 5) is 49.2. The number of aromatic nitrogens is 2. The first-order valence-corrected chi connectivity index (χ1v) is 13.2. The lowest BCUT2D eigenvalue weighted by Gasteiger charge is -2.20. The van der Waals surface area contributed by atoms with Crippen LogP contribution in [0.1, 0.15) is 38.3 Å². The van der Waals surface area contributed by atoms with Crippen molar-refractivity contribution in [1.82, 2.24) is 9.13 Å². The highest BCUT2D eigenvalue weighted by Gasteiger charge is 2.26. The smallest absolute Gasteiger partial charge is 0.463 e. The Morgan fingerprint density at radius 1 is 0.775 bits per heavy atom. The van der Waals surface area contributed by atoms with Crippen molar-refractivity contribution in [2.45, 2.75) is 33.6 Å². The minimum absolute atomic E-state index is 0.0949. The van der Waals surface area contributed by atoms with E-state index in [-0.39, 0.29) is 56.9 Å². The lowest BCUT2D eigenvalue weighted by molar-refractivity contribution is -0.155. The largest absolute Gasteiger partial charge is 0.515 e. The summed E-state index contributed by atoms with van der Waals surface area (Å²) in [6, 6.07) is 9.15. The molecule has 0 fully saturated rings. The number of carbonyl (C=O) groups excluding carboxylic acids is 2. The Hall–Kier alpha value is -3.48. The molecule has 2 aromatic rings. The standard InChI is InChI=1S/C28H40N2O10/c1-6-28(2,3)25(32)38-18-16-36-14-12-35-13-15-37-17-19-39-27(34)40-24-22(20-21-10-8-7-9-11-21)23(31)29(4)26(33)30(24)5/h7-11H,6,12-20H2,1-5H3. The van der Waals surface area contributed by atoms with Gasteiger partial charge >= 0.3 is 17.8 Å². The summed E-state index contributed by atoms with van der Waals surface area (Å²) in [6.07, 6.45) is -0.186. The Bertz CT molecular complexity index is 1200. The van der Waals surface area contributed by atoms with E-state index in [0.29, 0.717) is 26.2 Å². The van der Waals surface area contributed by atoms with Gasteiger partial charge in [-0.05, 0) is 25.8 Å². The highest BCUT2D eigenvalue weighted by molar-refractivity contribution is 5.75. The first kappa shape index (κ1) is 32.7. The minimum Gasteiger partial charge on any atom is -0.463 e. The summed E-state index contributed by atoms with van der Waals surface area (Å²) in [5.74, 6) is -0.407. The summed E-state index contributed by atoms with van der Waals surface area (Å²) >= 11 is 0. The second-order valence-electron chi connectivity index (χ2n) is 9.56. The zero-order valence-corrected chi connectivity index (χ0v) is 23.9. The first-order chi connectivity index (χ1) is 19.1. The summed E-state index contributed by atoms with van der Waals surface area (Å²) in [5.41, 5.74) is -0.703. The summed E-state index contributed by atoms with van der Waals surface area (Å²) in [5, 5.41) is 0. The molecule has 0 spiro atoms. The second-order valence-corrected chi connectivity index (χ2v) is 9.56. The van der Waals surface area contributed by atoms with Gasteiger partial charge in [-0.2, -0.15) is 0 Å². The lowest BCUT2D eigenvalue weighted by Crippen LogP contribution is -2.40. The Morgan fingerprint density at radius 3 is 1.85 bits per heavy atom. The molecule has 0 unspecified atom stereocenters. The van der Waals surface area contributed by atoms with Crippen LogP contribution in [0.3, 0.4) is 0 Å². The molecule has 0 aliphatic rings. The molecule has 0 saturated heterocycles. The summed E-state index contributed by atoms with van der Waals surface area (Å²) < 4.78 is 33.7. The molecule has 0 bridgehead atoms. The van der Waals surface area contributed by atoms with Gasteiger partial charge in [-0.1, -0.05) is 37.3 Å². The van der Waals surface area contributed by atoms with Gasteiger partial charge in [-0.25, -0.2) is 9.59 Å². The van der Waals surface area contributed by atoms with Crippen LogP contribution in [0, 0.1) is 5.41 Å². The van der Waals surface area contributed by atoms with Gasteiger partial charge in [0, 0.05) is 20.5 Å². The molecule has 0 aliphatic carbocycles. The fourth-order valence-electron chi connectivity index (χ4n) is 3.34. The molecule has 1 heterocycles. The van der Waals surface area contributed by atoms with E-state index in [1.807, 2.05) is 51.1 Å². The number of hydrogen-bond donors (Lipinski definition) is 0. The number of carbonyl (C=O) groups is 2. The molecule has 2 rings (SSSR count). The molecule has 222 valence electrons. The van der Waals surface area contributed by atoms with E-state index in [0.717, 1.165) is 14.7 Å². The van der Waals surface area contributed by atoms with Crippen LogP contribution in [0.4, 0.5) is 4.79 Å². The zero-order chi connectivity index (χ0) is 29.5. The van der Waals surface area contributed by atoms with Gasteiger partial charge in [-0.15, -0.1) is 0 Å². The van der Waals surface area contributed by atoms with Crippen LogP contribution in [0.2, 0.25) is 0 Å². The van der Waals surface area contributed by atoms with Crippen molar-refractivity contribution in [1.29, 1.82) is 0 Å². The predicted molar refractivity (Wildman–Crippen MR) is 146 cm³/mol. The number of nitrogens with zero attached hydrogens (tertiary/aromatic N) is 2. The van der Waals surface area contributed by atoms with E-state index >= 15 is 0 Å². The number of rotatable bonds is 17. The van der Waals surface area contributed by atoms with Crippen molar-refractivity contribution in [2.75, 3.05) is 52.9 Å². The van der Waals surface area contributed by atoms with Crippen LogP contribution in [0.25, 0.3) is 0 Å². The van der Waals surface area contributed by atoms with Crippen molar-refractivity contribution >= 4 is 12.1 Å². The van der Waals surface area contributed by atoms with Gasteiger partial charge in [-0.3, -0.25) is 18.7 Å². The third kappa shape index (κ3) is 10.2. The van der Waals surface area contributed by atoms with Crippen molar-refractivity contribution in [3.8, 4) is 5.88 Å². The van der Waals surface area contributed by atoms with Crippen molar-refractivity contribution in [2.24, 2.45) is 19.5 Å². The molecular formula is C28H40N2O10. The molecule has 1 aromatic heterocycles. The maximum absolute atomic E-state index is 12.7. The Morgan fingerprint density at radius 2 is 1.30 bits per heavy atom. The van der Waals surface area contributed by atoms with Crippen LogP contribution >= 0.6 is 0 Å². The molecular weight excluding hydrogens is 524 g/mol. The third-order valence-corrected chi connectivity index (χ3v) is 6.19. The van der Waals surface area contributed by atoms with E-state index in [1.54, 1.807) is 0 Å². The molecule has 0 aliphatic heterocycles. The number of hydrogen-bond acceptors (Lipinski definition) is 10. The first-order valence-electron chi connectivity index (χ1n) is 13.2. The maximum atomic E-state index is 12.7. The fourth-order valence-corrected chi connectivity index (χ4v) is 3.34. The highest BCUT2D eigenvalue weighted by atomic mass is 16.7. The number of benzene rings is 1. The quantitative estimate of drug-likeness (QED) is 0.208. The van der Waals surface area contributed by atoms with Gasteiger partial charge < -0.3 is 28.4 Å².